The van der Waals surface area contributed by atoms with Gasteiger partial charge in [-0.05, 0) is 115 Å². The highest BCUT2D eigenvalue weighted by atomic mass is 16.3. The molecule has 11 amide bonds. The van der Waals surface area contributed by atoms with Gasteiger partial charge in [-0.3, -0.25) is 52.7 Å². The Morgan fingerprint density at radius 3 is 1.55 bits per heavy atom. The lowest BCUT2D eigenvalue weighted by molar-refractivity contribution is -0.137. The van der Waals surface area contributed by atoms with E-state index in [0.29, 0.717) is 17.9 Å². The summed E-state index contributed by atoms with van der Waals surface area (Å²) in [6, 6.07) is -5.28. The average Bonchev–Trinajstić information content (AvgIpc) is 3.53. The molecule has 1 aromatic carbocycles. The van der Waals surface area contributed by atoms with Crippen LogP contribution in [0.1, 0.15) is 131 Å². The molecule has 1 aliphatic heterocycles. The van der Waals surface area contributed by atoms with Crippen LogP contribution < -0.4 is 87.2 Å². The fourth-order valence-corrected chi connectivity index (χ4v) is 9.10. The molecule has 1 saturated heterocycles. The Kier molecular flexibility index (Phi) is 34.6. The highest BCUT2D eigenvalue weighted by Crippen LogP contribution is 2.14. The first-order valence-electron chi connectivity index (χ1n) is 29.5. The maximum atomic E-state index is 14.5. The Morgan fingerprint density at radius 2 is 1.05 bits per heavy atom. The van der Waals surface area contributed by atoms with Crippen molar-refractivity contribution in [2.75, 3.05) is 39.3 Å². The van der Waals surface area contributed by atoms with Gasteiger partial charge in [0, 0.05) is 19.4 Å². The third kappa shape index (κ3) is 26.4. The van der Waals surface area contributed by atoms with Gasteiger partial charge in [-0.15, -0.1) is 0 Å². The van der Waals surface area contributed by atoms with Gasteiger partial charge >= 0.3 is 0 Å². The quantitative estimate of drug-likeness (QED) is 0.0338. The van der Waals surface area contributed by atoms with Crippen molar-refractivity contribution in [2.24, 2.45) is 40.5 Å². The average molecular weight is 1190 g/mol. The third-order valence-electron chi connectivity index (χ3n) is 14.2. The second-order valence-corrected chi connectivity index (χ2v) is 21.8. The zero-order valence-electron chi connectivity index (χ0n) is 49.9. The second-order valence-electron chi connectivity index (χ2n) is 21.8. The number of nitrogens with one attached hydrogen (secondary N) is 11. The normalized spacial score (nSPS) is 22.6. The molecule has 84 heavy (non-hydrogen) atoms. The van der Waals surface area contributed by atoms with Crippen LogP contribution in [0.2, 0.25) is 0 Å². The molecule has 28 nitrogen and oxygen atoms in total. The Morgan fingerprint density at radius 1 is 0.560 bits per heavy atom. The molecule has 0 unspecified atom stereocenters. The summed E-state index contributed by atoms with van der Waals surface area (Å²) >= 11 is 0. The number of carbonyl (C=O) groups is 11. The lowest BCUT2D eigenvalue weighted by Gasteiger charge is -2.29. The van der Waals surface area contributed by atoms with E-state index >= 15 is 0 Å². The minimum Gasteiger partial charge on any atom is -0.391 e. The van der Waals surface area contributed by atoms with Gasteiger partial charge in [0.1, 0.15) is 60.4 Å². The smallest absolute Gasteiger partial charge is 0.245 e. The number of benzene rings is 1. The largest absolute Gasteiger partial charge is 0.391 e. The third-order valence-corrected chi connectivity index (χ3v) is 14.2. The molecule has 0 aliphatic carbocycles. The molecule has 474 valence electrons. The van der Waals surface area contributed by atoms with Gasteiger partial charge in [-0.1, -0.05) is 84.2 Å². The summed E-state index contributed by atoms with van der Waals surface area (Å²) in [7, 11) is 0. The summed E-state index contributed by atoms with van der Waals surface area (Å²) in [6.45, 7) is 9.75. The first-order valence-corrected chi connectivity index (χ1v) is 29.5. The molecule has 0 bridgehead atoms. The minimum absolute atomic E-state index is 0.00397. The maximum Gasteiger partial charge on any atom is 0.245 e. The first kappa shape index (κ1) is 73.3. The number of hydrogen-bond acceptors (Lipinski definition) is 17. The summed E-state index contributed by atoms with van der Waals surface area (Å²) in [5, 5.41) is 39.5. The Labute approximate surface area is 493 Å². The molecule has 12 atom stereocenters. The van der Waals surface area contributed by atoms with E-state index in [1.165, 1.54) is 6.92 Å². The van der Waals surface area contributed by atoms with Crippen molar-refractivity contribution < 1.29 is 57.8 Å². The lowest BCUT2D eigenvalue weighted by atomic mass is 10.00. The zero-order chi connectivity index (χ0) is 62.9. The molecular weight excluding hydrogens is 1090 g/mol. The van der Waals surface area contributed by atoms with E-state index in [0.717, 1.165) is 19.3 Å². The van der Waals surface area contributed by atoms with Crippen LogP contribution in [0.3, 0.4) is 0 Å². The van der Waals surface area contributed by atoms with Crippen molar-refractivity contribution >= 4 is 65.0 Å². The van der Waals surface area contributed by atoms with Crippen LogP contribution >= 0.6 is 0 Å². The number of unbranched alkanes of at least 4 members (excludes halogenated alkanes) is 1. The molecule has 22 N–H and O–H groups in total. The summed E-state index contributed by atoms with van der Waals surface area (Å²) in [4.78, 5) is 154. The Balaban J connectivity index is 2.64. The van der Waals surface area contributed by atoms with Crippen molar-refractivity contribution in [2.45, 2.75) is 198 Å². The monoisotopic (exact) mass is 1190 g/mol. The molecule has 0 radical (unpaired) electrons. The van der Waals surface area contributed by atoms with Gasteiger partial charge in [-0.2, -0.15) is 0 Å². The SMILES string of the molecule is CC[C@H](C)CCCCC(=O)N[C@@H](CCN)C(=O)N[C@H](C(=O)N[C@@H](CCN)C(=O)N[C@H]1CCNC(=O)[C@H](CC)NC(=O)[C@H](CCN)NC(=O)[C@H](CCN)NC(=O)[C@H](CC(C)C)NC(=O)[C@@H](Cc2ccccc2)NC(=O)[C@H](CCN)NC1=O)[C@@H](C)O. The first-order chi connectivity index (χ1) is 40.0. The van der Waals surface area contributed by atoms with E-state index in [9.17, 15) is 57.8 Å². The molecule has 0 saturated carbocycles. The number of aliphatic hydroxyl groups is 1. The van der Waals surface area contributed by atoms with Gasteiger partial charge in [-0.25, -0.2) is 0 Å². The van der Waals surface area contributed by atoms with E-state index < -0.39 is 132 Å². The van der Waals surface area contributed by atoms with E-state index in [2.05, 4.69) is 72.3 Å². The fourth-order valence-electron chi connectivity index (χ4n) is 9.10. The molecule has 1 fully saturated rings. The minimum atomic E-state index is -1.68. The van der Waals surface area contributed by atoms with Crippen LogP contribution in [0.4, 0.5) is 0 Å². The second kappa shape index (κ2) is 39.6. The summed E-state index contributed by atoms with van der Waals surface area (Å²) in [5.41, 5.74) is 30.0. The standard InChI is InChI=1S/C56H98N16O12/c1-7-33(5)14-12-13-17-45(74)63-37(18-24-57)53(81)72-46(34(6)73)56(84)69-41(22-28-61)50(78)68-42-23-29-62-47(75)36(8-2)64-48(76)38(19-25-58)65-49(77)39(20-26-59)67-54(82)43(30-32(3)4)70-55(83)44(31-35-15-10-9-11-16-35)71-51(79)40(21-27-60)66-52(42)80/h9-11,15-16,32-34,36-44,46,73H,7-8,12-14,17-31,57-61H2,1-6H3,(H,62,75)(H,63,74)(H,64,76)(H,65,77)(H,66,80)(H,67,82)(H,68,78)(H,69,84)(H,70,83)(H,71,79)(H,72,81)/t33-,34+,36-,37-,38-,39-,40-,41-,42-,43-,44+,46-/m0/s1. The van der Waals surface area contributed by atoms with Crippen molar-refractivity contribution in [1.82, 2.24) is 58.5 Å². The zero-order valence-corrected chi connectivity index (χ0v) is 49.9. The summed E-state index contributed by atoms with van der Waals surface area (Å²) in [5.74, 6) is -8.71. The molecule has 1 aromatic rings. The molecule has 2 rings (SSSR count). The predicted molar refractivity (Wildman–Crippen MR) is 315 cm³/mol. The number of aliphatic hydroxyl groups excluding tert-OH is 1. The molecule has 28 heteroatoms. The van der Waals surface area contributed by atoms with Gasteiger partial charge in [0.15, 0.2) is 0 Å². The van der Waals surface area contributed by atoms with E-state index in [1.807, 2.05) is 0 Å². The number of carbonyl (C=O) groups excluding carboxylic acids is 11. The lowest BCUT2D eigenvalue weighted by Crippen LogP contribution is -2.62. The number of hydrogen-bond donors (Lipinski definition) is 17. The molecule has 0 spiro atoms. The van der Waals surface area contributed by atoms with Gasteiger partial charge < -0.3 is 92.3 Å². The van der Waals surface area contributed by atoms with Crippen LogP contribution in [0.15, 0.2) is 30.3 Å². The Bertz CT molecular complexity index is 2280. The van der Waals surface area contributed by atoms with Crippen molar-refractivity contribution in [3.05, 3.63) is 35.9 Å². The Hall–Kier alpha value is -6.85. The summed E-state index contributed by atoms with van der Waals surface area (Å²) < 4.78 is 0. The van der Waals surface area contributed by atoms with E-state index in [4.69, 9.17) is 28.7 Å². The maximum absolute atomic E-state index is 14.5. The van der Waals surface area contributed by atoms with Gasteiger partial charge in [0.05, 0.1) is 6.10 Å². The van der Waals surface area contributed by atoms with Crippen LogP contribution in [-0.2, 0) is 59.2 Å². The molecule has 1 aliphatic rings. The molecular formula is C56H98N16O12. The predicted octanol–water partition coefficient (Wildman–Crippen LogP) is -4.22. The summed E-state index contributed by atoms with van der Waals surface area (Å²) in [6.07, 6.45) is 0.951. The highest BCUT2D eigenvalue weighted by Gasteiger charge is 2.37. The molecule has 1 heterocycles. The van der Waals surface area contributed by atoms with Crippen LogP contribution in [0, 0.1) is 11.8 Å². The van der Waals surface area contributed by atoms with E-state index in [1.54, 1.807) is 51.1 Å². The number of nitrogens with two attached hydrogens (primary N) is 5. The van der Waals surface area contributed by atoms with Crippen molar-refractivity contribution in [1.29, 1.82) is 0 Å². The van der Waals surface area contributed by atoms with Crippen molar-refractivity contribution in [3.63, 3.8) is 0 Å². The fraction of sp³-hybridized carbons (Fsp3) is 0.696. The number of amides is 11. The number of rotatable bonds is 29. The van der Waals surface area contributed by atoms with Crippen LogP contribution in [-0.4, -0.2) is 176 Å². The van der Waals surface area contributed by atoms with Crippen molar-refractivity contribution in [3.8, 4) is 0 Å². The van der Waals surface area contributed by atoms with Crippen LogP contribution in [0.5, 0.6) is 0 Å². The van der Waals surface area contributed by atoms with Gasteiger partial charge in [0.2, 0.25) is 65.0 Å². The topological polar surface area (TPSA) is 470 Å². The van der Waals surface area contributed by atoms with Gasteiger partial charge in [0.25, 0.3) is 0 Å². The van der Waals surface area contributed by atoms with E-state index in [-0.39, 0.29) is 109 Å². The van der Waals surface area contributed by atoms with Crippen LogP contribution in [0.25, 0.3) is 0 Å². The molecule has 0 aromatic heterocycles. The highest BCUT2D eigenvalue weighted by molar-refractivity contribution is 5.99.